The van der Waals surface area contributed by atoms with Crippen molar-refractivity contribution in [3.63, 3.8) is 0 Å². The van der Waals surface area contributed by atoms with E-state index in [2.05, 4.69) is 10.3 Å². The SMILES string of the molecule is O=C(O)Nc1cncc(-c2ccc(-c3ccc4c(c3)CN(CCO)C4=O)s2)c1. The molecule has 2 amide bonds. The molecule has 0 atom stereocenters. The van der Waals surface area contributed by atoms with Crippen molar-refractivity contribution in [3.8, 4) is 20.9 Å². The van der Waals surface area contributed by atoms with Gasteiger partial charge >= 0.3 is 6.09 Å². The zero-order chi connectivity index (χ0) is 19.7. The van der Waals surface area contributed by atoms with Crippen molar-refractivity contribution in [1.29, 1.82) is 0 Å². The Balaban J connectivity index is 1.60. The predicted molar refractivity (Wildman–Crippen MR) is 106 cm³/mol. The average molecular weight is 395 g/mol. The molecule has 2 aromatic heterocycles. The van der Waals surface area contributed by atoms with E-state index in [1.165, 1.54) is 6.20 Å². The summed E-state index contributed by atoms with van der Waals surface area (Å²) in [5, 5.41) is 20.3. The summed E-state index contributed by atoms with van der Waals surface area (Å²) in [7, 11) is 0. The Morgan fingerprint density at radius 3 is 2.68 bits per heavy atom. The van der Waals surface area contributed by atoms with Gasteiger partial charge < -0.3 is 15.1 Å². The van der Waals surface area contributed by atoms with Crippen LogP contribution in [-0.2, 0) is 6.54 Å². The van der Waals surface area contributed by atoms with Crippen LogP contribution >= 0.6 is 11.3 Å². The molecule has 7 nitrogen and oxygen atoms in total. The van der Waals surface area contributed by atoms with E-state index in [0.717, 1.165) is 26.4 Å². The number of rotatable bonds is 5. The lowest BCUT2D eigenvalue weighted by Crippen LogP contribution is -2.26. The summed E-state index contributed by atoms with van der Waals surface area (Å²) in [6.07, 6.45) is 2.02. The normalized spacial score (nSPS) is 12.9. The maximum Gasteiger partial charge on any atom is 0.409 e. The first-order chi connectivity index (χ1) is 13.5. The smallest absolute Gasteiger partial charge is 0.409 e. The highest BCUT2D eigenvalue weighted by Gasteiger charge is 2.27. The van der Waals surface area contributed by atoms with Crippen LogP contribution < -0.4 is 5.32 Å². The van der Waals surface area contributed by atoms with E-state index in [-0.39, 0.29) is 12.5 Å². The molecule has 0 spiro atoms. The predicted octanol–water partition coefficient (Wildman–Crippen LogP) is 3.52. The average Bonchev–Trinajstić information content (AvgIpc) is 3.27. The number of aliphatic hydroxyl groups excluding tert-OH is 1. The fraction of sp³-hybridized carbons (Fsp3) is 0.150. The topological polar surface area (TPSA) is 103 Å². The number of carbonyl (C=O) groups is 2. The number of hydrogen-bond acceptors (Lipinski definition) is 5. The molecule has 3 heterocycles. The van der Waals surface area contributed by atoms with Crippen LogP contribution in [0, 0.1) is 0 Å². The summed E-state index contributed by atoms with van der Waals surface area (Å²) >= 11 is 1.57. The molecular formula is C20H17N3O4S. The van der Waals surface area contributed by atoms with Gasteiger partial charge in [0.15, 0.2) is 0 Å². The van der Waals surface area contributed by atoms with Gasteiger partial charge in [0.05, 0.1) is 18.5 Å². The van der Waals surface area contributed by atoms with Crippen molar-refractivity contribution < 1.29 is 19.8 Å². The number of nitrogens with one attached hydrogen (secondary N) is 1. The van der Waals surface area contributed by atoms with Gasteiger partial charge in [-0.05, 0) is 41.5 Å². The molecule has 0 fully saturated rings. The number of hydrogen-bond donors (Lipinski definition) is 3. The van der Waals surface area contributed by atoms with E-state index < -0.39 is 6.09 Å². The zero-order valence-corrected chi connectivity index (χ0v) is 15.6. The van der Waals surface area contributed by atoms with E-state index in [9.17, 15) is 9.59 Å². The molecule has 3 aromatic rings. The Morgan fingerprint density at radius 2 is 1.93 bits per heavy atom. The number of nitrogens with zero attached hydrogens (tertiary/aromatic N) is 2. The van der Waals surface area contributed by atoms with Gasteiger partial charge in [-0.2, -0.15) is 0 Å². The van der Waals surface area contributed by atoms with Crippen molar-refractivity contribution in [2.45, 2.75) is 6.54 Å². The molecule has 1 aromatic carbocycles. The maximum absolute atomic E-state index is 12.3. The molecule has 0 radical (unpaired) electrons. The van der Waals surface area contributed by atoms with Crippen molar-refractivity contribution in [2.24, 2.45) is 0 Å². The molecule has 0 aliphatic carbocycles. The van der Waals surface area contributed by atoms with Crippen LogP contribution in [0.25, 0.3) is 20.9 Å². The number of thiophene rings is 1. The van der Waals surface area contributed by atoms with Gasteiger partial charge in [-0.1, -0.05) is 6.07 Å². The second-order valence-electron chi connectivity index (χ2n) is 6.38. The third-order valence-corrected chi connectivity index (χ3v) is 5.70. The molecule has 0 unspecified atom stereocenters. The minimum atomic E-state index is -1.13. The minimum Gasteiger partial charge on any atom is -0.465 e. The first kappa shape index (κ1) is 18.1. The Bertz CT molecular complexity index is 1060. The monoisotopic (exact) mass is 395 g/mol. The van der Waals surface area contributed by atoms with Gasteiger partial charge in [0.25, 0.3) is 5.91 Å². The highest BCUT2D eigenvalue weighted by molar-refractivity contribution is 7.18. The van der Waals surface area contributed by atoms with Gasteiger partial charge in [-0.3, -0.25) is 15.1 Å². The van der Waals surface area contributed by atoms with Crippen LogP contribution in [0.4, 0.5) is 10.5 Å². The van der Waals surface area contributed by atoms with E-state index in [1.54, 1.807) is 28.5 Å². The second kappa shape index (κ2) is 7.41. The third kappa shape index (κ3) is 3.47. The number of anilines is 1. The molecule has 1 aliphatic heterocycles. The van der Waals surface area contributed by atoms with Crippen LogP contribution in [0.15, 0.2) is 48.8 Å². The maximum atomic E-state index is 12.3. The lowest BCUT2D eigenvalue weighted by molar-refractivity contribution is 0.0745. The van der Waals surface area contributed by atoms with Gasteiger partial charge in [0.1, 0.15) is 0 Å². The molecule has 3 N–H and O–H groups in total. The van der Waals surface area contributed by atoms with Crippen molar-refractivity contribution in [3.05, 3.63) is 59.9 Å². The Labute approximate surface area is 164 Å². The number of pyridine rings is 1. The van der Waals surface area contributed by atoms with Crippen molar-refractivity contribution in [2.75, 3.05) is 18.5 Å². The van der Waals surface area contributed by atoms with E-state index >= 15 is 0 Å². The number of β-amino-alcohol motifs (C(OH)–C–C–N with tert-alkyl or cyclic N) is 1. The number of aromatic nitrogens is 1. The molecule has 0 saturated heterocycles. The fourth-order valence-electron chi connectivity index (χ4n) is 3.25. The molecular weight excluding hydrogens is 378 g/mol. The summed E-state index contributed by atoms with van der Waals surface area (Å²) in [4.78, 5) is 30.8. The summed E-state index contributed by atoms with van der Waals surface area (Å²) in [5.41, 5.74) is 3.90. The molecule has 1 aliphatic rings. The first-order valence-corrected chi connectivity index (χ1v) is 9.45. The fourth-order valence-corrected chi connectivity index (χ4v) is 4.23. The van der Waals surface area contributed by atoms with Crippen LogP contribution in [0.1, 0.15) is 15.9 Å². The number of carboxylic acid groups (broad SMARTS) is 1. The number of carbonyl (C=O) groups excluding carboxylic acids is 1. The van der Waals surface area contributed by atoms with Gasteiger partial charge in [0, 0.05) is 40.2 Å². The highest BCUT2D eigenvalue weighted by atomic mass is 32.1. The Morgan fingerprint density at radius 1 is 1.14 bits per heavy atom. The molecule has 142 valence electrons. The van der Waals surface area contributed by atoms with Crippen LogP contribution in [-0.4, -0.2) is 45.2 Å². The lowest BCUT2D eigenvalue weighted by atomic mass is 10.1. The van der Waals surface area contributed by atoms with E-state index in [0.29, 0.717) is 24.3 Å². The molecule has 8 heteroatoms. The summed E-state index contributed by atoms with van der Waals surface area (Å²) in [5.74, 6) is -0.0451. The first-order valence-electron chi connectivity index (χ1n) is 8.64. The second-order valence-corrected chi connectivity index (χ2v) is 7.46. The molecule has 0 saturated carbocycles. The van der Waals surface area contributed by atoms with Crippen LogP contribution in [0.2, 0.25) is 0 Å². The molecule has 4 rings (SSSR count). The summed E-state index contributed by atoms with van der Waals surface area (Å²) in [6.45, 7) is 0.790. The van der Waals surface area contributed by atoms with E-state index in [1.807, 2.05) is 30.3 Å². The van der Waals surface area contributed by atoms with Gasteiger partial charge in [-0.25, -0.2) is 4.79 Å². The minimum absolute atomic E-state index is 0.0451. The van der Waals surface area contributed by atoms with E-state index in [4.69, 9.17) is 10.2 Å². The molecule has 28 heavy (non-hydrogen) atoms. The lowest BCUT2D eigenvalue weighted by Gasteiger charge is -2.12. The standard InChI is InChI=1S/C20H17N3O4S/c24-6-5-23-11-14-7-12(1-2-16(14)19(23)25)17-3-4-18(28-17)13-8-15(10-21-9-13)22-20(26)27/h1-4,7-10,22,24H,5-6,11H2,(H,26,27). The van der Waals surface area contributed by atoms with Crippen LogP contribution in [0.3, 0.4) is 0 Å². The van der Waals surface area contributed by atoms with Crippen LogP contribution in [0.5, 0.6) is 0 Å². The van der Waals surface area contributed by atoms with Gasteiger partial charge in [-0.15, -0.1) is 11.3 Å². The number of aliphatic hydroxyl groups is 1. The zero-order valence-electron chi connectivity index (χ0n) is 14.8. The Hall–Kier alpha value is -3.23. The largest absolute Gasteiger partial charge is 0.465 e. The molecule has 0 bridgehead atoms. The van der Waals surface area contributed by atoms with Crippen molar-refractivity contribution in [1.82, 2.24) is 9.88 Å². The highest BCUT2D eigenvalue weighted by Crippen LogP contribution is 2.36. The Kier molecular flexibility index (Phi) is 4.81. The summed E-state index contributed by atoms with van der Waals surface area (Å²) in [6, 6.07) is 11.5. The third-order valence-electron chi connectivity index (χ3n) is 4.52. The van der Waals surface area contributed by atoms with Gasteiger partial charge in [0.2, 0.25) is 0 Å². The number of fused-ring (bicyclic) bond motifs is 1. The number of amides is 2. The number of benzene rings is 1. The quantitative estimate of drug-likeness (QED) is 0.613. The van der Waals surface area contributed by atoms with Crippen molar-refractivity contribution >= 4 is 29.0 Å². The summed E-state index contributed by atoms with van der Waals surface area (Å²) < 4.78 is 0.